The van der Waals surface area contributed by atoms with Crippen LogP contribution >= 0.6 is 0 Å². The van der Waals surface area contributed by atoms with Crippen molar-refractivity contribution in [2.75, 3.05) is 11.1 Å². The molecule has 0 fully saturated rings. The van der Waals surface area contributed by atoms with Gasteiger partial charge in [-0.3, -0.25) is 4.79 Å². The molecule has 0 aliphatic heterocycles. The van der Waals surface area contributed by atoms with E-state index in [4.69, 9.17) is 5.11 Å². The smallest absolute Gasteiger partial charge is 0.303 e. The molecule has 5 nitrogen and oxygen atoms in total. The summed E-state index contributed by atoms with van der Waals surface area (Å²) in [5, 5.41) is 11.7. The standard InChI is InChI=1S/C13H19NO4S/c1-3-19(17,18)12-7-5-11(6-8-12)14-10(2)4-9-13(15)16/h5-8,10,14H,3-4,9H2,1-2H3,(H,15,16). The summed E-state index contributed by atoms with van der Waals surface area (Å²) in [7, 11) is -3.17. The lowest BCUT2D eigenvalue weighted by Crippen LogP contribution is -2.16. The number of sulfone groups is 1. The number of hydrogen-bond acceptors (Lipinski definition) is 4. The predicted molar refractivity (Wildman–Crippen MR) is 74.1 cm³/mol. The Hall–Kier alpha value is -1.56. The van der Waals surface area contributed by atoms with Gasteiger partial charge in [0.25, 0.3) is 0 Å². The first-order chi connectivity index (χ1) is 8.85. The molecule has 0 amide bonds. The number of carboxylic acid groups (broad SMARTS) is 1. The summed E-state index contributed by atoms with van der Waals surface area (Å²) in [6.07, 6.45) is 0.626. The van der Waals surface area contributed by atoms with Crippen molar-refractivity contribution in [1.82, 2.24) is 0 Å². The van der Waals surface area contributed by atoms with E-state index in [9.17, 15) is 13.2 Å². The maximum absolute atomic E-state index is 11.6. The summed E-state index contributed by atoms with van der Waals surface area (Å²) in [4.78, 5) is 10.8. The number of carboxylic acids is 1. The van der Waals surface area contributed by atoms with Crippen LogP contribution in [0.4, 0.5) is 5.69 Å². The molecular formula is C13H19NO4S. The molecule has 0 aliphatic carbocycles. The van der Waals surface area contributed by atoms with Gasteiger partial charge in [0.1, 0.15) is 0 Å². The first-order valence-corrected chi connectivity index (χ1v) is 7.81. The molecule has 0 saturated carbocycles. The summed E-state index contributed by atoms with van der Waals surface area (Å²) < 4.78 is 23.3. The Kier molecular flexibility index (Phi) is 5.35. The van der Waals surface area contributed by atoms with E-state index < -0.39 is 15.8 Å². The summed E-state index contributed by atoms with van der Waals surface area (Å²) in [5.41, 5.74) is 0.785. The van der Waals surface area contributed by atoms with Gasteiger partial charge in [0.2, 0.25) is 0 Å². The Morgan fingerprint density at radius 3 is 2.37 bits per heavy atom. The Morgan fingerprint density at radius 2 is 1.89 bits per heavy atom. The van der Waals surface area contributed by atoms with E-state index in [0.717, 1.165) is 5.69 Å². The van der Waals surface area contributed by atoms with Gasteiger partial charge in [-0.2, -0.15) is 0 Å². The van der Waals surface area contributed by atoms with Crippen LogP contribution in [-0.2, 0) is 14.6 Å². The molecule has 0 bridgehead atoms. The van der Waals surface area contributed by atoms with E-state index in [-0.39, 0.29) is 18.2 Å². The average molecular weight is 285 g/mol. The maximum Gasteiger partial charge on any atom is 0.303 e. The van der Waals surface area contributed by atoms with Gasteiger partial charge in [-0.25, -0.2) is 8.42 Å². The fourth-order valence-corrected chi connectivity index (χ4v) is 2.51. The van der Waals surface area contributed by atoms with Crippen molar-refractivity contribution in [3.63, 3.8) is 0 Å². The highest BCUT2D eigenvalue weighted by Gasteiger charge is 2.11. The first kappa shape index (κ1) is 15.5. The van der Waals surface area contributed by atoms with E-state index in [1.165, 1.54) is 0 Å². The topological polar surface area (TPSA) is 83.5 Å². The van der Waals surface area contributed by atoms with Crippen LogP contribution in [0.1, 0.15) is 26.7 Å². The van der Waals surface area contributed by atoms with Crippen molar-refractivity contribution in [2.45, 2.75) is 37.6 Å². The molecule has 0 saturated heterocycles. The Morgan fingerprint density at radius 1 is 1.32 bits per heavy atom. The summed E-state index contributed by atoms with van der Waals surface area (Å²) in [6.45, 7) is 3.50. The molecule has 1 aromatic carbocycles. The van der Waals surface area contributed by atoms with Crippen molar-refractivity contribution in [3.8, 4) is 0 Å². The number of anilines is 1. The van der Waals surface area contributed by atoms with Crippen LogP contribution in [0, 0.1) is 0 Å². The third-order valence-electron chi connectivity index (χ3n) is 2.80. The molecule has 2 N–H and O–H groups in total. The Balaban J connectivity index is 2.65. The number of rotatable bonds is 7. The molecule has 0 heterocycles. The van der Waals surface area contributed by atoms with Crippen molar-refractivity contribution in [1.29, 1.82) is 0 Å². The highest BCUT2D eigenvalue weighted by molar-refractivity contribution is 7.91. The number of hydrogen-bond donors (Lipinski definition) is 2. The van der Waals surface area contributed by atoms with Gasteiger partial charge < -0.3 is 10.4 Å². The van der Waals surface area contributed by atoms with E-state index in [1.54, 1.807) is 31.2 Å². The number of aliphatic carboxylic acids is 1. The van der Waals surface area contributed by atoms with Crippen LogP contribution in [0.3, 0.4) is 0 Å². The number of carbonyl (C=O) groups is 1. The van der Waals surface area contributed by atoms with Crippen molar-refractivity contribution < 1.29 is 18.3 Å². The lowest BCUT2D eigenvalue weighted by molar-refractivity contribution is -0.137. The van der Waals surface area contributed by atoms with Gasteiger partial charge in [-0.15, -0.1) is 0 Å². The summed E-state index contributed by atoms with van der Waals surface area (Å²) in [5.74, 6) is -0.743. The van der Waals surface area contributed by atoms with Crippen LogP contribution < -0.4 is 5.32 Å². The summed E-state index contributed by atoms with van der Waals surface area (Å²) >= 11 is 0. The molecule has 1 rings (SSSR count). The van der Waals surface area contributed by atoms with Gasteiger partial charge in [0.05, 0.1) is 10.6 Å². The third kappa shape index (κ3) is 4.90. The van der Waals surface area contributed by atoms with Crippen molar-refractivity contribution >= 4 is 21.5 Å². The average Bonchev–Trinajstić information content (AvgIpc) is 2.37. The minimum atomic E-state index is -3.17. The zero-order chi connectivity index (χ0) is 14.5. The van der Waals surface area contributed by atoms with Crippen LogP contribution in [0.25, 0.3) is 0 Å². The van der Waals surface area contributed by atoms with Gasteiger partial charge in [-0.05, 0) is 37.6 Å². The Bertz CT molecular complexity index is 522. The van der Waals surface area contributed by atoms with E-state index in [2.05, 4.69) is 5.32 Å². The minimum absolute atomic E-state index is 0.0183. The Labute approximate surface area is 113 Å². The normalized spacial score (nSPS) is 12.9. The molecule has 19 heavy (non-hydrogen) atoms. The highest BCUT2D eigenvalue weighted by Crippen LogP contribution is 2.16. The SMILES string of the molecule is CCS(=O)(=O)c1ccc(NC(C)CCC(=O)O)cc1. The lowest BCUT2D eigenvalue weighted by atomic mass is 10.1. The lowest BCUT2D eigenvalue weighted by Gasteiger charge is -2.14. The van der Waals surface area contributed by atoms with E-state index in [0.29, 0.717) is 11.3 Å². The largest absolute Gasteiger partial charge is 0.481 e. The zero-order valence-corrected chi connectivity index (χ0v) is 11.9. The number of benzene rings is 1. The third-order valence-corrected chi connectivity index (χ3v) is 4.55. The fraction of sp³-hybridized carbons (Fsp3) is 0.462. The number of nitrogens with one attached hydrogen (secondary N) is 1. The highest BCUT2D eigenvalue weighted by atomic mass is 32.2. The van der Waals surface area contributed by atoms with Crippen LogP contribution in [0.2, 0.25) is 0 Å². The molecule has 0 aliphatic rings. The predicted octanol–water partition coefficient (Wildman–Crippen LogP) is 2.15. The monoisotopic (exact) mass is 285 g/mol. The first-order valence-electron chi connectivity index (χ1n) is 6.16. The van der Waals surface area contributed by atoms with Gasteiger partial charge >= 0.3 is 5.97 Å². The zero-order valence-electron chi connectivity index (χ0n) is 11.1. The van der Waals surface area contributed by atoms with Crippen LogP contribution in [0.15, 0.2) is 29.2 Å². The fourth-order valence-electron chi connectivity index (χ4n) is 1.62. The molecule has 1 atom stereocenters. The van der Waals surface area contributed by atoms with Crippen LogP contribution in [-0.4, -0.2) is 31.3 Å². The second kappa shape index (κ2) is 6.56. The molecule has 1 aromatic rings. The van der Waals surface area contributed by atoms with E-state index >= 15 is 0 Å². The molecule has 106 valence electrons. The maximum atomic E-state index is 11.6. The van der Waals surface area contributed by atoms with Gasteiger partial charge in [0.15, 0.2) is 9.84 Å². The quantitative estimate of drug-likeness (QED) is 0.802. The van der Waals surface area contributed by atoms with Crippen molar-refractivity contribution in [2.24, 2.45) is 0 Å². The van der Waals surface area contributed by atoms with E-state index in [1.807, 2.05) is 6.92 Å². The second-order valence-corrected chi connectivity index (χ2v) is 6.68. The van der Waals surface area contributed by atoms with Crippen LogP contribution in [0.5, 0.6) is 0 Å². The van der Waals surface area contributed by atoms with Gasteiger partial charge in [0, 0.05) is 18.2 Å². The molecule has 1 unspecified atom stereocenters. The minimum Gasteiger partial charge on any atom is -0.481 e. The molecule has 0 aromatic heterocycles. The second-order valence-electron chi connectivity index (χ2n) is 4.41. The van der Waals surface area contributed by atoms with Gasteiger partial charge in [-0.1, -0.05) is 6.92 Å². The molecular weight excluding hydrogens is 266 g/mol. The van der Waals surface area contributed by atoms with Crippen molar-refractivity contribution in [3.05, 3.63) is 24.3 Å². The summed E-state index contributed by atoms with van der Waals surface area (Å²) in [6, 6.07) is 6.53. The molecule has 6 heteroatoms. The molecule has 0 radical (unpaired) electrons. The molecule has 0 spiro atoms.